The summed E-state index contributed by atoms with van der Waals surface area (Å²) in [6, 6.07) is 4.91. The molecule has 0 radical (unpaired) electrons. The SMILES string of the molecule is C[C@@H]1CCNC[C@@H]1n1ccc2cnc3c(c21)C(C#N)=CC3. The minimum absolute atomic E-state index is 0.447. The molecule has 0 aromatic carbocycles. The van der Waals surface area contributed by atoms with E-state index in [9.17, 15) is 5.26 Å². The smallest absolute Gasteiger partial charge is 0.0996 e. The van der Waals surface area contributed by atoms with E-state index in [1.54, 1.807) is 0 Å². The highest BCUT2D eigenvalue weighted by molar-refractivity contribution is 5.97. The van der Waals surface area contributed by atoms with Crippen LogP contribution in [0.5, 0.6) is 0 Å². The van der Waals surface area contributed by atoms with Crippen LogP contribution in [0.4, 0.5) is 0 Å². The molecule has 0 unspecified atom stereocenters. The van der Waals surface area contributed by atoms with E-state index < -0.39 is 0 Å². The van der Waals surface area contributed by atoms with Gasteiger partial charge in [0.1, 0.15) is 0 Å². The summed E-state index contributed by atoms with van der Waals surface area (Å²) in [6.07, 6.45) is 8.07. The summed E-state index contributed by atoms with van der Waals surface area (Å²) in [5.41, 5.74) is 4.05. The van der Waals surface area contributed by atoms with Gasteiger partial charge in [0, 0.05) is 42.4 Å². The highest BCUT2D eigenvalue weighted by atomic mass is 15.1. The molecule has 4 heteroatoms. The molecule has 2 atom stereocenters. The lowest BCUT2D eigenvalue weighted by Crippen LogP contribution is -2.36. The van der Waals surface area contributed by atoms with Gasteiger partial charge >= 0.3 is 0 Å². The summed E-state index contributed by atoms with van der Waals surface area (Å²) in [6.45, 7) is 4.41. The number of hydrogen-bond acceptors (Lipinski definition) is 3. The lowest BCUT2D eigenvalue weighted by molar-refractivity contribution is 0.280. The monoisotopic (exact) mass is 278 g/mol. The zero-order valence-electron chi connectivity index (χ0n) is 12.1. The first-order valence-corrected chi connectivity index (χ1v) is 7.59. The molecule has 4 nitrogen and oxygen atoms in total. The van der Waals surface area contributed by atoms with Crippen molar-refractivity contribution in [3.8, 4) is 6.07 Å². The van der Waals surface area contributed by atoms with E-state index in [0.717, 1.165) is 41.7 Å². The summed E-state index contributed by atoms with van der Waals surface area (Å²) in [7, 11) is 0. The summed E-state index contributed by atoms with van der Waals surface area (Å²) in [4.78, 5) is 4.53. The van der Waals surface area contributed by atoms with Gasteiger partial charge in [0.2, 0.25) is 0 Å². The van der Waals surface area contributed by atoms with Crippen LogP contribution in [0, 0.1) is 17.2 Å². The van der Waals surface area contributed by atoms with Gasteiger partial charge in [-0.15, -0.1) is 0 Å². The molecule has 1 aliphatic carbocycles. The second kappa shape index (κ2) is 4.71. The van der Waals surface area contributed by atoms with Gasteiger partial charge in [0.05, 0.1) is 22.9 Å². The van der Waals surface area contributed by atoms with Gasteiger partial charge in [-0.25, -0.2) is 0 Å². The highest BCUT2D eigenvalue weighted by Gasteiger charge is 2.27. The third-order valence-corrected chi connectivity index (χ3v) is 4.86. The molecule has 2 aromatic rings. The van der Waals surface area contributed by atoms with Crippen LogP contribution < -0.4 is 5.32 Å². The van der Waals surface area contributed by atoms with E-state index in [-0.39, 0.29) is 0 Å². The van der Waals surface area contributed by atoms with E-state index in [2.05, 4.69) is 40.1 Å². The van der Waals surface area contributed by atoms with Crippen molar-refractivity contribution in [1.29, 1.82) is 5.26 Å². The third-order valence-electron chi connectivity index (χ3n) is 4.86. The maximum Gasteiger partial charge on any atom is 0.0996 e. The first kappa shape index (κ1) is 12.6. The van der Waals surface area contributed by atoms with Crippen molar-refractivity contribution in [2.75, 3.05) is 13.1 Å². The lowest BCUT2D eigenvalue weighted by Gasteiger charge is -2.31. The minimum Gasteiger partial charge on any atom is -0.342 e. The van der Waals surface area contributed by atoms with E-state index in [1.807, 2.05) is 12.3 Å². The van der Waals surface area contributed by atoms with Crippen LogP contribution >= 0.6 is 0 Å². The van der Waals surface area contributed by atoms with Crippen molar-refractivity contribution in [3.05, 3.63) is 35.8 Å². The molecule has 3 heterocycles. The molecule has 1 aliphatic heterocycles. The fourth-order valence-corrected chi connectivity index (χ4v) is 3.65. The minimum atomic E-state index is 0.447. The van der Waals surface area contributed by atoms with Gasteiger partial charge in [-0.05, 0) is 24.9 Å². The molecule has 2 aliphatic rings. The highest BCUT2D eigenvalue weighted by Crippen LogP contribution is 2.36. The van der Waals surface area contributed by atoms with Crippen LogP contribution in [0.15, 0.2) is 24.5 Å². The second-order valence-electron chi connectivity index (χ2n) is 6.08. The zero-order chi connectivity index (χ0) is 14.4. The van der Waals surface area contributed by atoms with Gasteiger partial charge in [-0.3, -0.25) is 4.98 Å². The largest absolute Gasteiger partial charge is 0.342 e. The van der Waals surface area contributed by atoms with Crippen LogP contribution in [-0.2, 0) is 6.42 Å². The van der Waals surface area contributed by atoms with Crippen LogP contribution in [0.25, 0.3) is 16.5 Å². The summed E-state index contributed by atoms with van der Waals surface area (Å²) < 4.78 is 2.36. The first-order valence-electron chi connectivity index (χ1n) is 7.59. The normalized spacial score (nSPS) is 24.7. The van der Waals surface area contributed by atoms with Crippen molar-refractivity contribution in [3.63, 3.8) is 0 Å². The summed E-state index contributed by atoms with van der Waals surface area (Å²) in [5.74, 6) is 0.640. The van der Waals surface area contributed by atoms with Crippen LogP contribution in [-0.4, -0.2) is 22.6 Å². The fraction of sp³-hybridized carbons (Fsp3) is 0.412. The molecular formula is C17H18N4. The van der Waals surface area contributed by atoms with Crippen LogP contribution in [0.2, 0.25) is 0 Å². The number of nitrogens with zero attached hydrogens (tertiary/aromatic N) is 3. The Balaban J connectivity index is 1.94. The van der Waals surface area contributed by atoms with Crippen molar-refractivity contribution in [1.82, 2.24) is 14.9 Å². The van der Waals surface area contributed by atoms with Gasteiger partial charge < -0.3 is 9.88 Å². The Bertz CT molecular complexity index is 778. The van der Waals surface area contributed by atoms with Crippen molar-refractivity contribution in [2.24, 2.45) is 5.92 Å². The average Bonchev–Trinajstić information content (AvgIpc) is 3.10. The molecule has 0 amide bonds. The van der Waals surface area contributed by atoms with Crippen molar-refractivity contribution in [2.45, 2.75) is 25.8 Å². The standard InChI is InChI=1S/C17H18N4/c1-11-4-6-19-10-15(11)21-7-5-13-9-20-14-3-2-12(8-18)16(14)17(13)21/h2,5,7,9,11,15,19H,3-4,6,10H2,1H3/t11-,15+/m1/s1. The number of aromatic nitrogens is 2. The molecule has 2 aromatic heterocycles. The molecule has 106 valence electrons. The topological polar surface area (TPSA) is 53.6 Å². The Hall–Kier alpha value is -2.12. The van der Waals surface area contributed by atoms with Crippen LogP contribution in [0.3, 0.4) is 0 Å². The molecule has 0 bridgehead atoms. The van der Waals surface area contributed by atoms with E-state index in [0.29, 0.717) is 12.0 Å². The van der Waals surface area contributed by atoms with Gasteiger partial charge in [-0.1, -0.05) is 13.0 Å². The number of nitriles is 1. The maximum atomic E-state index is 9.40. The molecule has 1 fully saturated rings. The molecule has 1 N–H and O–H groups in total. The van der Waals surface area contributed by atoms with Crippen LogP contribution in [0.1, 0.15) is 30.6 Å². The molecular weight excluding hydrogens is 260 g/mol. The van der Waals surface area contributed by atoms with Gasteiger partial charge in [0.25, 0.3) is 0 Å². The number of rotatable bonds is 1. The predicted molar refractivity (Wildman–Crippen MR) is 82.7 cm³/mol. The number of allylic oxidation sites excluding steroid dienone is 2. The Morgan fingerprint density at radius 2 is 2.38 bits per heavy atom. The number of hydrogen-bond donors (Lipinski definition) is 1. The number of pyridine rings is 1. The lowest BCUT2D eigenvalue weighted by atomic mass is 9.94. The Labute approximate surface area is 124 Å². The third kappa shape index (κ3) is 1.81. The Morgan fingerprint density at radius 1 is 1.48 bits per heavy atom. The average molecular weight is 278 g/mol. The second-order valence-corrected chi connectivity index (χ2v) is 6.08. The van der Waals surface area contributed by atoms with Crippen molar-refractivity contribution < 1.29 is 0 Å². The van der Waals surface area contributed by atoms with E-state index in [4.69, 9.17) is 0 Å². The quantitative estimate of drug-likeness (QED) is 0.872. The Morgan fingerprint density at radius 3 is 3.19 bits per heavy atom. The Kier molecular flexibility index (Phi) is 2.83. The van der Waals surface area contributed by atoms with Gasteiger partial charge in [-0.2, -0.15) is 5.26 Å². The van der Waals surface area contributed by atoms with E-state index in [1.165, 1.54) is 11.9 Å². The van der Waals surface area contributed by atoms with Gasteiger partial charge in [0.15, 0.2) is 0 Å². The molecule has 21 heavy (non-hydrogen) atoms. The molecule has 4 rings (SSSR count). The first-order chi connectivity index (χ1) is 10.3. The molecule has 0 spiro atoms. The summed E-state index contributed by atoms with van der Waals surface area (Å²) >= 11 is 0. The summed E-state index contributed by atoms with van der Waals surface area (Å²) in [5, 5.41) is 14.0. The molecule has 1 saturated heterocycles. The fourth-order valence-electron chi connectivity index (χ4n) is 3.65. The number of piperidine rings is 1. The number of fused-ring (bicyclic) bond motifs is 3. The number of nitrogens with one attached hydrogen (secondary N) is 1. The predicted octanol–water partition coefficient (Wildman–Crippen LogP) is 2.67. The maximum absolute atomic E-state index is 9.40. The van der Waals surface area contributed by atoms with E-state index >= 15 is 0 Å². The zero-order valence-corrected chi connectivity index (χ0v) is 12.1. The molecule has 0 saturated carbocycles. The van der Waals surface area contributed by atoms with Crippen molar-refractivity contribution >= 4 is 16.5 Å².